The number of hydrogen-bond acceptors (Lipinski definition) is 6. The molecular weight excluding hydrogens is 394 g/mol. The standard InChI is InChI=1S/C25H27NO5/c1-18-21(19-8-4-2-5-9-19)12-13-22(20-10-6-3-7-11-20)23(18)24(30)31-17-26-25(14-27,15-28)16-29/h2-13,26-29H,14-17H2,1H3. The summed E-state index contributed by atoms with van der Waals surface area (Å²) in [6.07, 6.45) is 0. The Labute approximate surface area is 181 Å². The summed E-state index contributed by atoms with van der Waals surface area (Å²) in [4.78, 5) is 13.1. The maximum Gasteiger partial charge on any atom is 0.340 e. The predicted molar refractivity (Wildman–Crippen MR) is 119 cm³/mol. The van der Waals surface area contributed by atoms with Gasteiger partial charge in [-0.1, -0.05) is 72.8 Å². The molecule has 0 aromatic heterocycles. The van der Waals surface area contributed by atoms with Crippen LogP contribution in [-0.4, -0.2) is 53.4 Å². The lowest BCUT2D eigenvalue weighted by Gasteiger charge is -2.28. The number of carbonyl (C=O) groups excluding carboxylic acids is 1. The highest BCUT2D eigenvalue weighted by molar-refractivity contribution is 6.01. The average Bonchev–Trinajstić information content (AvgIpc) is 2.83. The van der Waals surface area contributed by atoms with Gasteiger partial charge in [0.25, 0.3) is 0 Å². The molecule has 0 saturated heterocycles. The molecular formula is C25H27NO5. The van der Waals surface area contributed by atoms with Gasteiger partial charge in [0, 0.05) is 0 Å². The molecule has 3 aromatic carbocycles. The molecule has 0 aliphatic rings. The van der Waals surface area contributed by atoms with E-state index in [2.05, 4.69) is 5.32 Å². The number of ether oxygens (including phenoxy) is 1. The van der Waals surface area contributed by atoms with E-state index >= 15 is 0 Å². The number of aliphatic hydroxyl groups is 3. The highest BCUT2D eigenvalue weighted by atomic mass is 16.5. The van der Waals surface area contributed by atoms with Gasteiger partial charge in [0.2, 0.25) is 0 Å². The number of nitrogens with one attached hydrogen (secondary N) is 1. The lowest BCUT2D eigenvalue weighted by molar-refractivity contribution is 0.00840. The highest BCUT2D eigenvalue weighted by Gasteiger charge is 2.28. The minimum absolute atomic E-state index is 0.274. The van der Waals surface area contributed by atoms with Gasteiger partial charge in [-0.05, 0) is 34.7 Å². The molecule has 0 atom stereocenters. The maximum atomic E-state index is 13.1. The van der Waals surface area contributed by atoms with Gasteiger partial charge in [0.05, 0.1) is 30.9 Å². The summed E-state index contributed by atoms with van der Waals surface area (Å²) >= 11 is 0. The van der Waals surface area contributed by atoms with Crippen molar-refractivity contribution in [1.29, 1.82) is 0 Å². The van der Waals surface area contributed by atoms with E-state index < -0.39 is 31.3 Å². The normalized spacial score (nSPS) is 11.4. The van der Waals surface area contributed by atoms with Crippen molar-refractivity contribution in [3.63, 3.8) is 0 Å². The van der Waals surface area contributed by atoms with Crippen LogP contribution in [0.4, 0.5) is 0 Å². The number of benzene rings is 3. The second kappa shape index (κ2) is 10.3. The fourth-order valence-electron chi connectivity index (χ4n) is 3.41. The molecule has 6 nitrogen and oxygen atoms in total. The lowest BCUT2D eigenvalue weighted by atomic mass is 9.90. The molecule has 0 aliphatic heterocycles. The van der Waals surface area contributed by atoms with Gasteiger partial charge in [0.15, 0.2) is 0 Å². The minimum atomic E-state index is -1.33. The number of rotatable bonds is 9. The van der Waals surface area contributed by atoms with E-state index in [0.29, 0.717) is 5.56 Å². The molecule has 0 saturated carbocycles. The molecule has 0 radical (unpaired) electrons. The van der Waals surface area contributed by atoms with Gasteiger partial charge < -0.3 is 20.1 Å². The molecule has 162 valence electrons. The van der Waals surface area contributed by atoms with Crippen LogP contribution in [0.25, 0.3) is 22.3 Å². The summed E-state index contributed by atoms with van der Waals surface area (Å²) in [5, 5.41) is 31.0. The number of carbonyl (C=O) groups is 1. The molecule has 0 heterocycles. The zero-order valence-electron chi connectivity index (χ0n) is 17.4. The minimum Gasteiger partial charge on any atom is -0.446 e. The lowest BCUT2D eigenvalue weighted by Crippen LogP contribution is -2.55. The first-order valence-electron chi connectivity index (χ1n) is 10.0. The van der Waals surface area contributed by atoms with Crippen molar-refractivity contribution in [1.82, 2.24) is 5.32 Å². The molecule has 0 fully saturated rings. The SMILES string of the molecule is Cc1c(-c2ccccc2)ccc(-c2ccccc2)c1C(=O)OCNC(CO)(CO)CO. The first kappa shape index (κ1) is 22.7. The molecule has 31 heavy (non-hydrogen) atoms. The Hall–Kier alpha value is -3.03. The summed E-state index contributed by atoms with van der Waals surface area (Å²) in [5.41, 5.74) is 3.46. The van der Waals surface area contributed by atoms with Crippen LogP contribution in [0, 0.1) is 6.92 Å². The monoisotopic (exact) mass is 421 g/mol. The van der Waals surface area contributed by atoms with Gasteiger partial charge in [-0.2, -0.15) is 0 Å². The van der Waals surface area contributed by atoms with E-state index in [-0.39, 0.29) is 6.73 Å². The Balaban J connectivity index is 1.97. The smallest absolute Gasteiger partial charge is 0.340 e. The second-order valence-electron chi connectivity index (χ2n) is 7.40. The van der Waals surface area contributed by atoms with Crippen molar-refractivity contribution in [2.75, 3.05) is 26.6 Å². The van der Waals surface area contributed by atoms with Crippen molar-refractivity contribution in [2.45, 2.75) is 12.5 Å². The Kier molecular flexibility index (Phi) is 7.55. The third kappa shape index (κ3) is 5.00. The van der Waals surface area contributed by atoms with Crippen LogP contribution in [0.15, 0.2) is 72.8 Å². The summed E-state index contributed by atoms with van der Waals surface area (Å²) < 4.78 is 5.44. The highest BCUT2D eigenvalue weighted by Crippen LogP contribution is 2.33. The summed E-state index contributed by atoms with van der Waals surface area (Å²) in [6.45, 7) is 0.0992. The Morgan fingerprint density at radius 1 is 0.806 bits per heavy atom. The van der Waals surface area contributed by atoms with Crippen LogP contribution in [0.5, 0.6) is 0 Å². The molecule has 3 aromatic rings. The van der Waals surface area contributed by atoms with Crippen molar-refractivity contribution in [3.05, 3.63) is 83.9 Å². The van der Waals surface area contributed by atoms with Gasteiger partial charge in [-0.25, -0.2) is 4.79 Å². The van der Waals surface area contributed by atoms with Gasteiger partial charge in [0.1, 0.15) is 6.73 Å². The van der Waals surface area contributed by atoms with Crippen LogP contribution >= 0.6 is 0 Å². The Morgan fingerprint density at radius 3 is 1.81 bits per heavy atom. The van der Waals surface area contributed by atoms with Crippen LogP contribution < -0.4 is 5.32 Å². The quantitative estimate of drug-likeness (QED) is 0.313. The molecule has 4 N–H and O–H groups in total. The molecule has 3 rings (SSSR count). The first-order chi connectivity index (χ1) is 15.0. The molecule has 0 spiro atoms. The fraction of sp³-hybridized carbons (Fsp3) is 0.240. The zero-order chi connectivity index (χ0) is 22.3. The van der Waals surface area contributed by atoms with Crippen molar-refractivity contribution in [2.24, 2.45) is 0 Å². The van der Waals surface area contributed by atoms with Crippen LogP contribution in [-0.2, 0) is 4.74 Å². The van der Waals surface area contributed by atoms with Crippen molar-refractivity contribution >= 4 is 5.97 Å². The van der Waals surface area contributed by atoms with Crippen LogP contribution in [0.2, 0.25) is 0 Å². The number of esters is 1. The molecule has 0 unspecified atom stereocenters. The molecule has 0 amide bonds. The topological polar surface area (TPSA) is 99.0 Å². The molecule has 6 heteroatoms. The Morgan fingerprint density at radius 2 is 1.29 bits per heavy atom. The number of hydrogen-bond donors (Lipinski definition) is 4. The largest absolute Gasteiger partial charge is 0.446 e. The average molecular weight is 421 g/mol. The zero-order valence-corrected chi connectivity index (χ0v) is 17.4. The Bertz CT molecular complexity index is 993. The van der Waals surface area contributed by atoms with Gasteiger partial charge >= 0.3 is 5.97 Å². The second-order valence-corrected chi connectivity index (χ2v) is 7.40. The molecule has 0 bridgehead atoms. The van der Waals surface area contributed by atoms with E-state index in [9.17, 15) is 20.1 Å². The van der Waals surface area contributed by atoms with Crippen molar-refractivity contribution in [3.8, 4) is 22.3 Å². The van der Waals surface area contributed by atoms with Gasteiger partial charge in [-0.3, -0.25) is 5.32 Å². The summed E-state index contributed by atoms with van der Waals surface area (Å²) in [5.74, 6) is -0.538. The fourth-order valence-corrected chi connectivity index (χ4v) is 3.41. The summed E-state index contributed by atoms with van der Waals surface area (Å²) in [6, 6.07) is 23.3. The van der Waals surface area contributed by atoms with Crippen molar-refractivity contribution < 1.29 is 24.9 Å². The third-order valence-electron chi connectivity index (χ3n) is 5.40. The van der Waals surface area contributed by atoms with E-state index in [1.807, 2.05) is 79.7 Å². The maximum absolute atomic E-state index is 13.1. The van der Waals surface area contributed by atoms with E-state index in [4.69, 9.17) is 4.74 Å². The van der Waals surface area contributed by atoms with E-state index in [1.165, 1.54) is 0 Å². The first-order valence-corrected chi connectivity index (χ1v) is 10.0. The van der Waals surface area contributed by atoms with Crippen LogP contribution in [0.3, 0.4) is 0 Å². The van der Waals surface area contributed by atoms with E-state index in [0.717, 1.165) is 27.8 Å². The number of aliphatic hydroxyl groups excluding tert-OH is 3. The van der Waals surface area contributed by atoms with Gasteiger partial charge in [-0.15, -0.1) is 0 Å². The molecule has 0 aliphatic carbocycles. The van der Waals surface area contributed by atoms with E-state index in [1.54, 1.807) is 0 Å². The summed E-state index contributed by atoms with van der Waals surface area (Å²) in [7, 11) is 0. The predicted octanol–water partition coefficient (Wildman–Crippen LogP) is 2.75. The third-order valence-corrected chi connectivity index (χ3v) is 5.40. The van der Waals surface area contributed by atoms with Crippen LogP contribution in [0.1, 0.15) is 15.9 Å².